The van der Waals surface area contributed by atoms with Crippen LogP contribution < -0.4 is 9.30 Å². The van der Waals surface area contributed by atoms with Crippen molar-refractivity contribution < 1.29 is 13.4 Å². The minimum absolute atomic E-state index is 0.0552. The Morgan fingerprint density at radius 1 is 0.468 bits per heavy atom. The Morgan fingerprint density at radius 3 is 1.83 bits per heavy atom. The SMILES string of the molecule is [2H]C([2H])([2H])c1cc(-n2c3cc(Oc4cccc(-n5c[n+](-c6c(-c7ccccc7)cccc6-c6ccccc6)c6ccccc65)c4)ccc3c3cc4c5cccc6c7ccccc7n(c4cc32)c65)ncc1-c1ccc(C(C)(C)C)cc1. The largest absolute Gasteiger partial charge is 0.457 e. The van der Waals surface area contributed by atoms with E-state index in [9.17, 15) is 0 Å². The van der Waals surface area contributed by atoms with Gasteiger partial charge in [0.15, 0.2) is 11.0 Å². The van der Waals surface area contributed by atoms with E-state index in [0.717, 1.165) is 88.5 Å². The molecule has 0 aliphatic rings. The van der Waals surface area contributed by atoms with Crippen LogP contribution in [0.5, 0.6) is 11.5 Å². The predicted octanol–water partition coefficient (Wildman–Crippen LogP) is 17.9. The summed E-state index contributed by atoms with van der Waals surface area (Å²) in [6.45, 7) is 4.09. The molecule has 366 valence electrons. The topological polar surface area (TPSA) is 40.3 Å². The number of imidazole rings is 1. The molecule has 0 bridgehead atoms. The first-order valence-electron chi connectivity index (χ1n) is 27.8. The van der Waals surface area contributed by atoms with Crippen LogP contribution in [0.25, 0.3) is 122 Å². The van der Waals surface area contributed by atoms with E-state index >= 15 is 0 Å². The number of nitrogens with zero attached hydrogens (tertiary/aromatic N) is 5. The lowest BCUT2D eigenvalue weighted by atomic mass is 9.86. The van der Waals surface area contributed by atoms with Crippen molar-refractivity contribution in [3.63, 3.8) is 0 Å². The maximum absolute atomic E-state index is 8.94. The standard InChI is InChI=1S/C71H52N5O/c1-45-38-68(72-43-61(45)48-32-34-49(35-33-48)71(2,3)4)75-65-40-52(36-37-56(65)59-41-60-58-28-17-27-57-55-24-11-12-29-62(55)76(70(57)58)67(60)42-66(59)75)77-51-23-15-22-50(39-51)73-44-74(64-31-14-13-30-63(64)73)69-53(46-18-7-5-8-19-46)25-16-26-54(69)47-20-9-6-10-21-47/h5-44H,1-4H3/q+1/i1D3. The zero-order valence-electron chi connectivity index (χ0n) is 45.7. The molecule has 0 unspecified atom stereocenters. The van der Waals surface area contributed by atoms with Crippen LogP contribution in [-0.4, -0.2) is 18.5 Å². The van der Waals surface area contributed by atoms with E-state index in [0.29, 0.717) is 22.9 Å². The molecule has 0 saturated heterocycles. The molecule has 6 heteroatoms. The number of rotatable bonds is 8. The first-order chi connectivity index (χ1) is 38.9. The lowest BCUT2D eigenvalue weighted by Crippen LogP contribution is -2.30. The van der Waals surface area contributed by atoms with Crippen molar-refractivity contribution in [1.29, 1.82) is 0 Å². The van der Waals surface area contributed by atoms with Gasteiger partial charge in [-0.15, -0.1) is 0 Å². The Labute approximate surface area is 450 Å². The number of para-hydroxylation sites is 5. The van der Waals surface area contributed by atoms with Crippen LogP contribution in [0.15, 0.2) is 243 Å². The molecule has 0 saturated carbocycles. The van der Waals surface area contributed by atoms with Crippen molar-refractivity contribution in [1.82, 2.24) is 18.5 Å². The number of fused-ring (bicyclic) bond motifs is 10. The molecule has 0 fully saturated rings. The van der Waals surface area contributed by atoms with Gasteiger partial charge in [-0.05, 0) is 101 Å². The molecule has 0 aliphatic carbocycles. The number of aryl methyl sites for hydroxylation is 1. The highest BCUT2D eigenvalue weighted by atomic mass is 16.5. The van der Waals surface area contributed by atoms with Crippen molar-refractivity contribution >= 4 is 70.9 Å². The minimum Gasteiger partial charge on any atom is -0.457 e. The Bertz CT molecular complexity index is 4870. The molecule has 0 N–H and O–H groups in total. The van der Waals surface area contributed by atoms with Gasteiger partial charge in [-0.1, -0.05) is 178 Å². The predicted molar refractivity (Wildman–Crippen MR) is 318 cm³/mol. The molecule has 0 radical (unpaired) electrons. The second-order valence-corrected chi connectivity index (χ2v) is 21.2. The second kappa shape index (κ2) is 17.1. The van der Waals surface area contributed by atoms with E-state index in [4.69, 9.17) is 13.8 Å². The Hall–Kier alpha value is -9.78. The molecule has 6 nitrogen and oxygen atoms in total. The second-order valence-electron chi connectivity index (χ2n) is 21.2. The first kappa shape index (κ1) is 41.6. The third-order valence-corrected chi connectivity index (χ3v) is 15.7. The van der Waals surface area contributed by atoms with E-state index < -0.39 is 6.85 Å². The van der Waals surface area contributed by atoms with Gasteiger partial charge >= 0.3 is 0 Å². The quantitative estimate of drug-likeness (QED) is 0.142. The maximum atomic E-state index is 8.94. The van der Waals surface area contributed by atoms with Gasteiger partial charge in [-0.25, -0.2) is 4.98 Å². The molecule has 10 aromatic carbocycles. The molecule has 0 amide bonds. The smallest absolute Gasteiger partial charge is 0.255 e. The molecule has 15 aromatic rings. The van der Waals surface area contributed by atoms with Crippen LogP contribution >= 0.6 is 0 Å². The van der Waals surface area contributed by atoms with Crippen LogP contribution in [0, 0.1) is 6.85 Å². The fourth-order valence-corrected chi connectivity index (χ4v) is 12.0. The van der Waals surface area contributed by atoms with Gasteiger partial charge in [0, 0.05) is 71.4 Å². The third-order valence-electron chi connectivity index (χ3n) is 15.7. The lowest BCUT2D eigenvalue weighted by molar-refractivity contribution is -0.566. The lowest BCUT2D eigenvalue weighted by Gasteiger charge is -2.19. The van der Waals surface area contributed by atoms with Gasteiger partial charge in [-0.3, -0.25) is 4.57 Å². The third kappa shape index (κ3) is 7.09. The van der Waals surface area contributed by atoms with Crippen LogP contribution in [0.2, 0.25) is 0 Å². The Kier molecular flexibility index (Phi) is 9.25. The first-order valence-corrected chi connectivity index (χ1v) is 26.3. The van der Waals surface area contributed by atoms with Gasteiger partial charge in [0.25, 0.3) is 6.33 Å². The van der Waals surface area contributed by atoms with Gasteiger partial charge in [-0.2, -0.15) is 9.13 Å². The number of aromatic nitrogens is 5. The van der Waals surface area contributed by atoms with E-state index in [-0.39, 0.29) is 11.0 Å². The molecular weight excluding hydrogens is 939 g/mol. The summed E-state index contributed by atoms with van der Waals surface area (Å²) < 4.78 is 42.8. The van der Waals surface area contributed by atoms with Crippen molar-refractivity contribution in [2.24, 2.45) is 0 Å². The molecule has 5 aromatic heterocycles. The summed E-state index contributed by atoms with van der Waals surface area (Å²) in [6, 6.07) is 80.3. The summed E-state index contributed by atoms with van der Waals surface area (Å²) in [6.07, 6.45) is 3.92. The van der Waals surface area contributed by atoms with E-state index in [1.54, 1.807) is 12.3 Å². The van der Waals surface area contributed by atoms with Crippen molar-refractivity contribution in [3.05, 3.63) is 254 Å². The fourth-order valence-electron chi connectivity index (χ4n) is 12.0. The number of hydrogen-bond donors (Lipinski definition) is 0. The van der Waals surface area contributed by atoms with Gasteiger partial charge in [0.05, 0.1) is 27.6 Å². The van der Waals surface area contributed by atoms with E-state index in [2.05, 4.69) is 239 Å². The molecule has 77 heavy (non-hydrogen) atoms. The average molecular weight is 994 g/mol. The summed E-state index contributed by atoms with van der Waals surface area (Å²) >= 11 is 0. The summed E-state index contributed by atoms with van der Waals surface area (Å²) in [5.74, 6) is 1.78. The Morgan fingerprint density at radius 2 is 1.08 bits per heavy atom. The fraction of sp³-hybridized carbons (Fsp3) is 0.0704. The number of ether oxygens (including phenoxy) is 1. The maximum Gasteiger partial charge on any atom is 0.255 e. The molecular formula is C71H52N5O+. The van der Waals surface area contributed by atoms with Crippen molar-refractivity contribution in [2.75, 3.05) is 0 Å². The number of hydrogen-bond acceptors (Lipinski definition) is 2. The van der Waals surface area contributed by atoms with Crippen LogP contribution in [0.3, 0.4) is 0 Å². The van der Waals surface area contributed by atoms with E-state index in [1.807, 2.05) is 30.3 Å². The van der Waals surface area contributed by atoms with Crippen LogP contribution in [0.4, 0.5) is 0 Å². The van der Waals surface area contributed by atoms with Gasteiger partial charge < -0.3 is 9.14 Å². The number of pyridine rings is 1. The molecule has 0 spiro atoms. The van der Waals surface area contributed by atoms with Crippen molar-refractivity contribution in [2.45, 2.75) is 33.0 Å². The highest BCUT2D eigenvalue weighted by Crippen LogP contribution is 2.44. The van der Waals surface area contributed by atoms with Crippen molar-refractivity contribution in [3.8, 4) is 62.1 Å². The minimum atomic E-state index is -2.44. The highest BCUT2D eigenvalue weighted by Gasteiger charge is 2.26. The van der Waals surface area contributed by atoms with Crippen LogP contribution in [-0.2, 0) is 5.41 Å². The zero-order chi connectivity index (χ0) is 54.0. The summed E-state index contributed by atoms with van der Waals surface area (Å²) in [5, 5.41) is 6.75. The average Bonchev–Trinajstić information content (AvgIpc) is 4.40. The molecule has 15 rings (SSSR count). The summed E-state index contributed by atoms with van der Waals surface area (Å²) in [4.78, 5) is 5.17. The normalized spacial score (nSPS) is 12.9. The van der Waals surface area contributed by atoms with Crippen LogP contribution in [0.1, 0.15) is 36.0 Å². The summed E-state index contributed by atoms with van der Waals surface area (Å²) in [5.41, 5.74) is 16.5. The monoisotopic (exact) mass is 993 g/mol. The highest BCUT2D eigenvalue weighted by molar-refractivity contribution is 6.26. The van der Waals surface area contributed by atoms with E-state index in [1.165, 1.54) is 27.2 Å². The molecule has 0 aliphatic heterocycles. The van der Waals surface area contributed by atoms with Gasteiger partial charge in [0.1, 0.15) is 28.7 Å². The number of benzene rings is 10. The van der Waals surface area contributed by atoms with Gasteiger partial charge in [0.2, 0.25) is 0 Å². The Balaban J connectivity index is 0.894. The molecule has 5 heterocycles. The summed E-state index contributed by atoms with van der Waals surface area (Å²) in [7, 11) is 0. The molecule has 0 atom stereocenters. The zero-order valence-corrected chi connectivity index (χ0v) is 42.7.